The maximum Gasteiger partial charge on any atom is 0.137 e. The molecule has 29 aromatic rings. The third-order valence-corrected chi connectivity index (χ3v) is 28.7. The Labute approximate surface area is 688 Å². The summed E-state index contributed by atoms with van der Waals surface area (Å²) in [4.78, 5) is 0. The average molecular weight is 1570 g/mol. The predicted molar refractivity (Wildman–Crippen MR) is 510 cm³/mol. The highest BCUT2D eigenvalue weighted by Crippen LogP contribution is 2.51. The molecule has 0 spiro atoms. The molecular weight excluding hydrogens is 1510 g/mol. The summed E-state index contributed by atoms with van der Waals surface area (Å²) in [6.45, 7) is 0. The molecular formula is C110H61N3O3S3. The van der Waals surface area contributed by atoms with Crippen LogP contribution in [0.5, 0.6) is 0 Å². The van der Waals surface area contributed by atoms with Crippen LogP contribution in [0, 0.1) is 0 Å². The highest BCUT2D eigenvalue weighted by atomic mass is 32.1. The molecule has 0 amide bonds. The molecule has 0 aliphatic rings. The lowest BCUT2D eigenvalue weighted by Gasteiger charge is -2.11. The SMILES string of the molecule is c1ccc2cc3c(cc2c1)oc1ccc(-n2c4c5ccccc5ccc4c4c5ccccc5c5c6ccccc6sc5c42)cc13.c1ccc2cc3c(cc2c1)oc1ccc(-n2c4ccccc4c4cc5c(cc42)sc2ccccc25)cc13.c1ccc2cc3c(cc2c1)sc1ccc(-n2c4ccccc4c4cc5c(cc42)oc2ccccc25)cc13. The third-order valence-electron chi connectivity index (χ3n) is 25.2. The fourth-order valence-corrected chi connectivity index (χ4v) is 23.4. The highest BCUT2D eigenvalue weighted by molar-refractivity contribution is 7.27. The van der Waals surface area contributed by atoms with Gasteiger partial charge >= 0.3 is 0 Å². The van der Waals surface area contributed by atoms with Crippen LogP contribution in [0.25, 0.3) is 263 Å². The molecule has 119 heavy (non-hydrogen) atoms. The summed E-state index contributed by atoms with van der Waals surface area (Å²) >= 11 is 5.64. The van der Waals surface area contributed by atoms with Crippen LogP contribution in [-0.4, -0.2) is 13.7 Å². The van der Waals surface area contributed by atoms with Gasteiger partial charge in [-0.2, -0.15) is 0 Å². The number of hydrogen-bond acceptors (Lipinski definition) is 6. The largest absolute Gasteiger partial charge is 0.456 e. The normalized spacial score (nSPS) is 12.4. The van der Waals surface area contributed by atoms with E-state index in [9.17, 15) is 0 Å². The third kappa shape index (κ3) is 9.63. The van der Waals surface area contributed by atoms with Crippen LogP contribution in [0.3, 0.4) is 0 Å². The summed E-state index contributed by atoms with van der Waals surface area (Å²) in [7, 11) is 0. The Kier molecular flexibility index (Phi) is 13.7. The van der Waals surface area contributed by atoms with Crippen molar-refractivity contribution in [2.75, 3.05) is 0 Å². The van der Waals surface area contributed by atoms with Gasteiger partial charge in [-0.05, 0) is 188 Å². The number of para-hydroxylation sites is 3. The van der Waals surface area contributed by atoms with Gasteiger partial charge in [0, 0.05) is 149 Å². The van der Waals surface area contributed by atoms with Gasteiger partial charge in [-0.15, -0.1) is 34.0 Å². The summed E-state index contributed by atoms with van der Waals surface area (Å²) in [6.07, 6.45) is 0. The zero-order valence-electron chi connectivity index (χ0n) is 63.5. The topological polar surface area (TPSA) is 54.2 Å². The minimum Gasteiger partial charge on any atom is -0.456 e. The van der Waals surface area contributed by atoms with Gasteiger partial charge in [0.25, 0.3) is 0 Å². The first-order valence-electron chi connectivity index (χ1n) is 40.4. The molecule has 0 saturated heterocycles. The molecule has 29 rings (SSSR count). The minimum absolute atomic E-state index is 0.909. The Balaban J connectivity index is 0.0000000953. The Hall–Kier alpha value is -14.8. The molecule has 0 aliphatic heterocycles. The van der Waals surface area contributed by atoms with E-state index in [2.05, 4.69) is 372 Å². The van der Waals surface area contributed by atoms with E-state index in [1.807, 2.05) is 46.1 Å². The number of rotatable bonds is 3. The van der Waals surface area contributed by atoms with Crippen molar-refractivity contribution in [2.24, 2.45) is 0 Å². The first kappa shape index (κ1) is 65.4. The van der Waals surface area contributed by atoms with E-state index in [1.165, 1.54) is 180 Å². The van der Waals surface area contributed by atoms with E-state index in [0.29, 0.717) is 0 Å². The number of hydrogen-bond donors (Lipinski definition) is 0. The Morgan fingerprint density at radius 3 is 1.19 bits per heavy atom. The van der Waals surface area contributed by atoms with Crippen LogP contribution in [0.4, 0.5) is 0 Å². The maximum atomic E-state index is 6.44. The van der Waals surface area contributed by atoms with Crippen LogP contribution in [0.2, 0.25) is 0 Å². The summed E-state index contributed by atoms with van der Waals surface area (Å²) in [5.74, 6) is 0. The van der Waals surface area contributed by atoms with Gasteiger partial charge in [-0.1, -0.05) is 224 Å². The van der Waals surface area contributed by atoms with Gasteiger partial charge in [0.2, 0.25) is 0 Å². The minimum atomic E-state index is 0.909. The molecule has 20 aromatic carbocycles. The lowest BCUT2D eigenvalue weighted by molar-refractivity contribution is 0.669. The maximum absolute atomic E-state index is 6.44. The molecule has 0 unspecified atom stereocenters. The quantitative estimate of drug-likeness (QED) is 0.177. The van der Waals surface area contributed by atoms with Crippen LogP contribution in [0.1, 0.15) is 0 Å². The van der Waals surface area contributed by atoms with Gasteiger partial charge in [0.15, 0.2) is 0 Å². The van der Waals surface area contributed by atoms with Gasteiger partial charge in [-0.25, -0.2) is 0 Å². The zero-order valence-corrected chi connectivity index (χ0v) is 66.0. The van der Waals surface area contributed by atoms with Crippen LogP contribution < -0.4 is 0 Å². The van der Waals surface area contributed by atoms with Crippen molar-refractivity contribution in [3.63, 3.8) is 0 Å². The van der Waals surface area contributed by atoms with E-state index < -0.39 is 0 Å². The van der Waals surface area contributed by atoms with Crippen LogP contribution >= 0.6 is 34.0 Å². The number of benzene rings is 20. The Morgan fingerprint density at radius 2 is 0.563 bits per heavy atom. The second-order valence-electron chi connectivity index (χ2n) is 31.7. The monoisotopic (exact) mass is 1570 g/mol. The summed E-state index contributed by atoms with van der Waals surface area (Å²) in [5.41, 5.74) is 16.3. The van der Waals surface area contributed by atoms with E-state index in [0.717, 1.165) is 82.7 Å². The fourth-order valence-electron chi connectivity index (χ4n) is 19.9. The van der Waals surface area contributed by atoms with Crippen molar-refractivity contribution >= 4 is 280 Å². The molecule has 0 aliphatic carbocycles. The average Bonchev–Trinajstić information content (AvgIpc) is 1.55. The van der Waals surface area contributed by atoms with E-state index in [-0.39, 0.29) is 0 Å². The van der Waals surface area contributed by atoms with Crippen molar-refractivity contribution in [1.29, 1.82) is 0 Å². The lowest BCUT2D eigenvalue weighted by atomic mass is 9.98. The second-order valence-corrected chi connectivity index (χ2v) is 34.9. The second kappa shape index (κ2) is 24.8. The Bertz CT molecular complexity index is 9160. The van der Waals surface area contributed by atoms with Crippen molar-refractivity contribution in [3.05, 3.63) is 370 Å². The summed E-state index contributed by atoms with van der Waals surface area (Å²) in [5, 5.41) is 35.0. The standard InChI is InChI=1S/C42H23NOS.2C34H19NOS/c1-2-11-26-22-36-33(21-25(26)10-1)34-23-27(18-20-35(34)44-36)43-40-28-12-4-3-9-24(28)17-19-32(40)38-29-13-5-6-14-30(29)39-31-15-7-8-16-37(31)45-42(39)41(38)43;1-2-8-21-16-34-27(15-20(21)7-1)28-17-22(13-14-33(28)37-34)35-29-11-5-3-9-23(29)25-18-26-24-10-4-6-12-31(24)36-32(26)19-30(25)35;1-2-8-21-16-32-26(15-20(21)7-1)27-17-22(13-14-31(27)36-32)35-29-11-5-3-9-23(29)25-18-28-24-10-4-6-12-33(24)37-34(28)19-30(25)35/h1-23H;2*1-19H. The number of fused-ring (bicyclic) bond motifs is 36. The van der Waals surface area contributed by atoms with Gasteiger partial charge < -0.3 is 27.0 Å². The smallest absolute Gasteiger partial charge is 0.137 e. The summed E-state index contributed by atoms with van der Waals surface area (Å²) < 4.78 is 34.3. The number of aromatic nitrogens is 3. The molecule has 9 aromatic heterocycles. The first-order valence-corrected chi connectivity index (χ1v) is 42.8. The fraction of sp³-hybridized carbons (Fsp3) is 0. The van der Waals surface area contributed by atoms with Gasteiger partial charge in [0.1, 0.15) is 33.5 Å². The van der Waals surface area contributed by atoms with Crippen LogP contribution in [0.15, 0.2) is 383 Å². The number of furan rings is 3. The summed E-state index contributed by atoms with van der Waals surface area (Å²) in [6, 6.07) is 134. The van der Waals surface area contributed by atoms with Gasteiger partial charge in [0.05, 0.1) is 37.8 Å². The van der Waals surface area contributed by atoms with Crippen molar-refractivity contribution in [1.82, 2.24) is 13.7 Å². The van der Waals surface area contributed by atoms with E-state index in [4.69, 9.17) is 13.3 Å². The number of thiophene rings is 3. The van der Waals surface area contributed by atoms with E-state index in [1.54, 1.807) is 0 Å². The molecule has 0 atom stereocenters. The van der Waals surface area contributed by atoms with Crippen molar-refractivity contribution in [2.45, 2.75) is 0 Å². The first-order chi connectivity index (χ1) is 58.9. The molecule has 552 valence electrons. The molecule has 0 saturated carbocycles. The Morgan fingerprint density at radius 1 is 0.168 bits per heavy atom. The van der Waals surface area contributed by atoms with Crippen molar-refractivity contribution in [3.8, 4) is 17.1 Å². The molecule has 9 heteroatoms. The molecule has 6 nitrogen and oxygen atoms in total. The van der Waals surface area contributed by atoms with Crippen molar-refractivity contribution < 1.29 is 13.3 Å². The van der Waals surface area contributed by atoms with E-state index >= 15 is 0 Å². The lowest BCUT2D eigenvalue weighted by Crippen LogP contribution is -1.95. The zero-order chi connectivity index (χ0) is 77.4. The molecule has 0 fully saturated rings. The molecule has 9 heterocycles. The number of nitrogens with zero attached hydrogens (tertiary/aromatic N) is 3. The molecule has 0 bridgehead atoms. The van der Waals surface area contributed by atoms with Gasteiger partial charge in [-0.3, -0.25) is 0 Å². The predicted octanol–water partition coefficient (Wildman–Crippen LogP) is 32.9. The molecule has 0 radical (unpaired) electrons. The highest BCUT2D eigenvalue weighted by Gasteiger charge is 2.26. The van der Waals surface area contributed by atoms with Crippen LogP contribution in [-0.2, 0) is 0 Å². The molecule has 0 N–H and O–H groups in total.